The van der Waals surface area contributed by atoms with Crippen LogP contribution in [0, 0.1) is 0 Å². The molecule has 1 aromatic heterocycles. The van der Waals surface area contributed by atoms with Gasteiger partial charge in [-0.1, -0.05) is 12.1 Å². The van der Waals surface area contributed by atoms with Gasteiger partial charge in [0.25, 0.3) is 0 Å². The van der Waals surface area contributed by atoms with Crippen LogP contribution in [0.2, 0.25) is 0 Å². The van der Waals surface area contributed by atoms with E-state index < -0.39 is 0 Å². The molecule has 106 valence electrons. The lowest BCUT2D eigenvalue weighted by atomic mass is 10.1. The number of ether oxygens (including phenoxy) is 1. The third kappa shape index (κ3) is 3.43. The van der Waals surface area contributed by atoms with Crippen molar-refractivity contribution < 1.29 is 4.74 Å². The third-order valence-corrected chi connectivity index (χ3v) is 3.66. The highest BCUT2D eigenvalue weighted by atomic mass is 16.5. The molecule has 5 heteroatoms. The Balaban J connectivity index is 1.48. The zero-order valence-electron chi connectivity index (χ0n) is 11.6. The molecule has 0 N–H and O–H groups in total. The van der Waals surface area contributed by atoms with Crippen molar-refractivity contribution in [2.75, 3.05) is 32.8 Å². The van der Waals surface area contributed by atoms with E-state index in [1.165, 1.54) is 12.0 Å². The van der Waals surface area contributed by atoms with Gasteiger partial charge in [0.2, 0.25) is 0 Å². The molecule has 0 spiro atoms. The molecule has 20 heavy (non-hydrogen) atoms. The summed E-state index contributed by atoms with van der Waals surface area (Å²) in [6.07, 6.45) is 5.58. The fourth-order valence-corrected chi connectivity index (χ4v) is 2.49. The molecule has 5 nitrogen and oxygen atoms in total. The van der Waals surface area contributed by atoms with Crippen LogP contribution in [0.15, 0.2) is 36.9 Å². The van der Waals surface area contributed by atoms with Gasteiger partial charge in [-0.05, 0) is 37.1 Å². The Morgan fingerprint density at radius 2 is 1.90 bits per heavy atom. The van der Waals surface area contributed by atoms with Crippen LogP contribution in [0.5, 0.6) is 0 Å². The van der Waals surface area contributed by atoms with Crippen LogP contribution >= 0.6 is 0 Å². The molecule has 0 amide bonds. The second kappa shape index (κ2) is 6.63. The van der Waals surface area contributed by atoms with Crippen LogP contribution in [0.4, 0.5) is 0 Å². The number of aryl methyl sites for hydroxylation is 1. The predicted octanol–water partition coefficient (Wildman–Crippen LogP) is 1.53. The molecule has 2 heterocycles. The summed E-state index contributed by atoms with van der Waals surface area (Å²) in [5.74, 6) is 0. The molecule has 0 radical (unpaired) electrons. The van der Waals surface area contributed by atoms with E-state index in [9.17, 15) is 0 Å². The first-order valence-electron chi connectivity index (χ1n) is 7.16. The van der Waals surface area contributed by atoms with E-state index in [2.05, 4.69) is 39.2 Å². The lowest BCUT2D eigenvalue weighted by Crippen LogP contribution is -2.36. The molecule has 2 aromatic rings. The average molecular weight is 272 g/mol. The van der Waals surface area contributed by atoms with Crippen LogP contribution in [0.1, 0.15) is 12.0 Å². The van der Waals surface area contributed by atoms with Crippen LogP contribution in [-0.2, 0) is 11.2 Å². The van der Waals surface area contributed by atoms with E-state index in [1.807, 2.05) is 0 Å². The van der Waals surface area contributed by atoms with Crippen LogP contribution < -0.4 is 0 Å². The number of hydrogen-bond acceptors (Lipinski definition) is 4. The first-order chi connectivity index (χ1) is 9.92. The molecule has 1 saturated heterocycles. The Kier molecular flexibility index (Phi) is 4.40. The second-order valence-electron chi connectivity index (χ2n) is 5.06. The van der Waals surface area contributed by atoms with Crippen molar-refractivity contribution in [3.63, 3.8) is 0 Å². The summed E-state index contributed by atoms with van der Waals surface area (Å²) in [6.45, 7) is 5.07. The maximum absolute atomic E-state index is 5.36. The number of nitrogens with zero attached hydrogens (tertiary/aromatic N) is 4. The smallest absolute Gasteiger partial charge is 0.138 e. The molecule has 0 bridgehead atoms. The number of aromatic nitrogens is 3. The highest BCUT2D eigenvalue weighted by Gasteiger charge is 2.09. The summed E-state index contributed by atoms with van der Waals surface area (Å²) in [4.78, 5) is 6.44. The van der Waals surface area contributed by atoms with Crippen molar-refractivity contribution in [3.8, 4) is 5.69 Å². The molecule has 1 fully saturated rings. The maximum atomic E-state index is 5.36. The summed E-state index contributed by atoms with van der Waals surface area (Å²) in [6, 6.07) is 8.55. The van der Waals surface area contributed by atoms with Gasteiger partial charge in [-0.2, -0.15) is 5.10 Å². The Bertz CT molecular complexity index is 503. The number of rotatable bonds is 5. The average Bonchev–Trinajstić information content (AvgIpc) is 3.03. The summed E-state index contributed by atoms with van der Waals surface area (Å²) in [5.41, 5.74) is 2.43. The topological polar surface area (TPSA) is 43.2 Å². The monoisotopic (exact) mass is 272 g/mol. The predicted molar refractivity (Wildman–Crippen MR) is 76.9 cm³/mol. The van der Waals surface area contributed by atoms with E-state index in [1.54, 1.807) is 17.3 Å². The van der Waals surface area contributed by atoms with Gasteiger partial charge in [-0.3, -0.25) is 4.90 Å². The fourth-order valence-electron chi connectivity index (χ4n) is 2.49. The van der Waals surface area contributed by atoms with Gasteiger partial charge in [0.05, 0.1) is 18.9 Å². The third-order valence-electron chi connectivity index (χ3n) is 3.66. The Morgan fingerprint density at radius 3 is 2.60 bits per heavy atom. The Labute approximate surface area is 119 Å². The number of hydrogen-bond donors (Lipinski definition) is 0. The SMILES string of the molecule is c1ncn(-c2ccc(CCCN3CCOCC3)cc2)n1. The molecule has 0 aliphatic carbocycles. The van der Waals surface area contributed by atoms with Gasteiger partial charge >= 0.3 is 0 Å². The minimum absolute atomic E-state index is 0.882. The van der Waals surface area contributed by atoms with E-state index in [4.69, 9.17) is 4.74 Å². The summed E-state index contributed by atoms with van der Waals surface area (Å²) >= 11 is 0. The van der Waals surface area contributed by atoms with Gasteiger partial charge in [0.1, 0.15) is 12.7 Å². The highest BCUT2D eigenvalue weighted by molar-refractivity contribution is 5.33. The molecule has 0 unspecified atom stereocenters. The molecule has 0 saturated carbocycles. The van der Waals surface area contributed by atoms with E-state index in [0.717, 1.165) is 45.0 Å². The van der Waals surface area contributed by atoms with Crippen molar-refractivity contribution in [3.05, 3.63) is 42.5 Å². The van der Waals surface area contributed by atoms with Gasteiger partial charge in [-0.25, -0.2) is 9.67 Å². The van der Waals surface area contributed by atoms with E-state index in [-0.39, 0.29) is 0 Å². The second-order valence-corrected chi connectivity index (χ2v) is 5.06. The standard InChI is InChI=1S/C15H20N4O/c1(7-18-8-10-20-11-9-18)2-14-3-5-15(6-4-14)19-13-16-12-17-19/h3-6,12-13H,1-2,7-11H2. The number of morpholine rings is 1. The van der Waals surface area contributed by atoms with Crippen molar-refractivity contribution in [1.82, 2.24) is 19.7 Å². The number of benzene rings is 1. The summed E-state index contributed by atoms with van der Waals surface area (Å²) in [7, 11) is 0. The van der Waals surface area contributed by atoms with Crippen molar-refractivity contribution in [2.24, 2.45) is 0 Å². The van der Waals surface area contributed by atoms with Crippen molar-refractivity contribution >= 4 is 0 Å². The minimum atomic E-state index is 0.882. The summed E-state index contributed by atoms with van der Waals surface area (Å²) < 4.78 is 7.13. The first-order valence-corrected chi connectivity index (χ1v) is 7.16. The zero-order chi connectivity index (χ0) is 13.6. The highest BCUT2D eigenvalue weighted by Crippen LogP contribution is 2.10. The lowest BCUT2D eigenvalue weighted by Gasteiger charge is -2.26. The Hall–Kier alpha value is -1.72. The molecule has 3 rings (SSSR count). The zero-order valence-corrected chi connectivity index (χ0v) is 11.6. The van der Waals surface area contributed by atoms with E-state index >= 15 is 0 Å². The molecular weight excluding hydrogens is 252 g/mol. The normalized spacial score (nSPS) is 16.4. The van der Waals surface area contributed by atoms with Gasteiger partial charge in [0.15, 0.2) is 0 Å². The van der Waals surface area contributed by atoms with Gasteiger partial charge in [-0.15, -0.1) is 0 Å². The van der Waals surface area contributed by atoms with Crippen LogP contribution in [-0.4, -0.2) is 52.5 Å². The molecule has 1 aromatic carbocycles. The van der Waals surface area contributed by atoms with Crippen LogP contribution in [0.3, 0.4) is 0 Å². The van der Waals surface area contributed by atoms with Crippen LogP contribution in [0.25, 0.3) is 5.69 Å². The van der Waals surface area contributed by atoms with Crippen molar-refractivity contribution in [1.29, 1.82) is 0 Å². The van der Waals surface area contributed by atoms with Gasteiger partial charge in [0, 0.05) is 13.1 Å². The maximum Gasteiger partial charge on any atom is 0.138 e. The summed E-state index contributed by atoms with van der Waals surface area (Å²) in [5, 5.41) is 4.13. The fraction of sp³-hybridized carbons (Fsp3) is 0.467. The molecular formula is C15H20N4O. The quantitative estimate of drug-likeness (QED) is 0.828. The lowest BCUT2D eigenvalue weighted by molar-refractivity contribution is 0.0375. The molecule has 0 atom stereocenters. The van der Waals surface area contributed by atoms with Crippen molar-refractivity contribution in [2.45, 2.75) is 12.8 Å². The van der Waals surface area contributed by atoms with E-state index in [0.29, 0.717) is 0 Å². The largest absolute Gasteiger partial charge is 0.379 e. The first kappa shape index (κ1) is 13.3. The van der Waals surface area contributed by atoms with Gasteiger partial charge < -0.3 is 4.74 Å². The molecule has 1 aliphatic heterocycles. The molecule has 1 aliphatic rings. The Morgan fingerprint density at radius 1 is 1.10 bits per heavy atom. The minimum Gasteiger partial charge on any atom is -0.379 e.